The fourth-order valence-electron chi connectivity index (χ4n) is 2.79. The number of fused-ring (bicyclic) bond motifs is 1. The molecule has 0 saturated carbocycles. The molecule has 0 radical (unpaired) electrons. The van der Waals surface area contributed by atoms with E-state index in [-0.39, 0.29) is 28.0 Å². The van der Waals surface area contributed by atoms with Gasteiger partial charge < -0.3 is 26.1 Å². The van der Waals surface area contributed by atoms with Gasteiger partial charge in [0.25, 0.3) is 11.8 Å². The molecule has 2 aliphatic rings. The van der Waals surface area contributed by atoms with Crippen molar-refractivity contribution in [3.63, 3.8) is 0 Å². The van der Waals surface area contributed by atoms with Crippen LogP contribution < -0.4 is 11.1 Å². The molecule has 1 aromatic heterocycles. The van der Waals surface area contributed by atoms with Crippen LogP contribution in [0.25, 0.3) is 0 Å². The summed E-state index contributed by atoms with van der Waals surface area (Å²) in [6.45, 7) is -0.807. The lowest BCUT2D eigenvalue weighted by Gasteiger charge is -2.49. The van der Waals surface area contributed by atoms with Crippen LogP contribution in [-0.4, -0.2) is 73.3 Å². The number of carbonyl (C=O) groups excluding carboxylic acids is 2. The predicted octanol–water partition coefficient (Wildman–Crippen LogP) is -0.00282. The van der Waals surface area contributed by atoms with E-state index in [1.165, 1.54) is 28.6 Å². The van der Waals surface area contributed by atoms with Gasteiger partial charge >= 0.3 is 11.9 Å². The van der Waals surface area contributed by atoms with Crippen LogP contribution in [0.1, 0.15) is 5.69 Å². The minimum atomic E-state index is -1.31. The van der Waals surface area contributed by atoms with E-state index in [0.717, 1.165) is 28.0 Å². The number of thioether (sulfide) groups is 2. The van der Waals surface area contributed by atoms with Gasteiger partial charge in [0, 0.05) is 22.1 Å². The van der Waals surface area contributed by atoms with E-state index < -0.39 is 41.8 Å². The molecule has 2 aliphatic heterocycles. The quantitative estimate of drug-likeness (QED) is 0.150. The lowest BCUT2D eigenvalue weighted by atomic mass is 10.0. The minimum Gasteiger partial charge on any atom is -0.479 e. The number of β-lactam (4-membered cyclic amide) rings is 1. The Bertz CT molecular complexity index is 1140. The number of hydrogen-bond acceptors (Lipinski definition) is 12. The van der Waals surface area contributed by atoms with Crippen molar-refractivity contribution < 1.29 is 34.2 Å². The second-order valence-corrected chi connectivity index (χ2v) is 9.16. The maximum absolute atomic E-state index is 12.8. The van der Waals surface area contributed by atoms with Crippen LogP contribution in [0, 0.1) is 11.3 Å². The van der Waals surface area contributed by atoms with E-state index in [1.54, 1.807) is 6.07 Å². The Balaban J connectivity index is 1.78. The van der Waals surface area contributed by atoms with E-state index in [1.807, 2.05) is 0 Å². The Hall–Kier alpha value is -3.55. The molecule has 0 unspecified atom stereocenters. The van der Waals surface area contributed by atoms with Crippen molar-refractivity contribution in [3.05, 3.63) is 33.2 Å². The largest absolute Gasteiger partial charge is 0.479 e. The number of thiazole rings is 1. The number of nitrogens with two attached hydrogens (primary N) is 1. The number of carboxylic acids is 2. The number of aromatic nitrogens is 1. The molecule has 1 aromatic rings. The minimum absolute atomic E-state index is 0.0226. The number of carbonyl (C=O) groups is 4. The number of hydrogen-bond donors (Lipinski definition) is 4. The molecule has 2 amide bonds. The zero-order chi connectivity index (χ0) is 24.1. The highest BCUT2D eigenvalue weighted by Gasteiger charge is 2.54. The van der Waals surface area contributed by atoms with E-state index in [0.29, 0.717) is 4.91 Å². The molecular weight excluding hydrogens is 496 g/mol. The highest BCUT2D eigenvalue weighted by molar-refractivity contribution is 8.08. The average Bonchev–Trinajstić information content (AvgIpc) is 3.19. The second kappa shape index (κ2) is 10.4. The van der Waals surface area contributed by atoms with Gasteiger partial charge in [0.15, 0.2) is 10.8 Å². The van der Waals surface area contributed by atoms with Gasteiger partial charge in [-0.3, -0.25) is 14.5 Å². The summed E-state index contributed by atoms with van der Waals surface area (Å²) in [5, 5.41) is 35.2. The van der Waals surface area contributed by atoms with Crippen molar-refractivity contribution in [1.82, 2.24) is 15.2 Å². The number of nitrogens with zero attached hydrogens (tertiary/aromatic N) is 4. The summed E-state index contributed by atoms with van der Waals surface area (Å²) in [5.74, 6) is -3.90. The molecule has 172 valence electrons. The third-order valence-corrected chi connectivity index (χ3v) is 7.13. The van der Waals surface area contributed by atoms with Crippen LogP contribution in [0.2, 0.25) is 0 Å². The summed E-state index contributed by atoms with van der Waals surface area (Å²) in [5.41, 5.74) is 5.00. The zero-order valence-electron chi connectivity index (χ0n) is 16.3. The highest BCUT2D eigenvalue weighted by Crippen LogP contribution is 2.43. The van der Waals surface area contributed by atoms with Crippen LogP contribution in [0.5, 0.6) is 0 Å². The molecule has 16 heteroatoms. The van der Waals surface area contributed by atoms with Gasteiger partial charge in [0.05, 0.1) is 6.07 Å². The molecule has 1 saturated heterocycles. The molecule has 13 nitrogen and oxygen atoms in total. The average molecular weight is 511 g/mol. The second-order valence-electron chi connectivity index (χ2n) is 6.17. The maximum Gasteiger partial charge on any atom is 0.353 e. The summed E-state index contributed by atoms with van der Waals surface area (Å²) in [6, 6.07) is 0.740. The number of allylic oxidation sites excluding steroid dienone is 1. The summed E-state index contributed by atoms with van der Waals surface area (Å²) in [4.78, 5) is 58.0. The number of aliphatic carboxylic acids is 2. The van der Waals surface area contributed by atoms with Gasteiger partial charge in [0.1, 0.15) is 22.8 Å². The Morgan fingerprint density at radius 1 is 1.48 bits per heavy atom. The topological polar surface area (TPSA) is 208 Å². The molecule has 0 aromatic carbocycles. The fraction of sp³-hybridized carbons (Fsp3) is 0.235. The molecule has 0 spiro atoms. The van der Waals surface area contributed by atoms with Crippen LogP contribution in [-0.2, 0) is 24.0 Å². The number of nitrogen functional groups attached to an aromatic ring is 1. The molecular formula is C17H14N6O7S3. The van der Waals surface area contributed by atoms with E-state index in [2.05, 4.69) is 20.3 Å². The number of carboxylic acid groups (broad SMARTS) is 2. The van der Waals surface area contributed by atoms with Crippen LogP contribution in [0.15, 0.2) is 32.6 Å². The monoisotopic (exact) mass is 510 g/mol. The third-order valence-electron chi connectivity index (χ3n) is 4.10. The van der Waals surface area contributed by atoms with Crippen LogP contribution >= 0.6 is 34.9 Å². The van der Waals surface area contributed by atoms with Gasteiger partial charge in [-0.25, -0.2) is 14.6 Å². The lowest BCUT2D eigenvalue weighted by Crippen LogP contribution is -2.71. The molecule has 1 fully saturated rings. The Morgan fingerprint density at radius 2 is 2.24 bits per heavy atom. The molecule has 33 heavy (non-hydrogen) atoms. The van der Waals surface area contributed by atoms with Crippen molar-refractivity contribution in [2.75, 3.05) is 18.1 Å². The number of nitrogens with one attached hydrogen (secondary N) is 1. The number of anilines is 1. The van der Waals surface area contributed by atoms with Crippen molar-refractivity contribution in [3.8, 4) is 6.07 Å². The lowest BCUT2D eigenvalue weighted by molar-refractivity contribution is -0.150. The van der Waals surface area contributed by atoms with Crippen molar-refractivity contribution in [1.29, 1.82) is 5.26 Å². The fourth-order valence-corrected chi connectivity index (χ4v) is 5.60. The van der Waals surface area contributed by atoms with E-state index >= 15 is 0 Å². The first-order chi connectivity index (χ1) is 15.7. The van der Waals surface area contributed by atoms with Gasteiger partial charge in [-0.1, -0.05) is 16.9 Å². The Kier molecular flexibility index (Phi) is 7.58. The summed E-state index contributed by atoms with van der Waals surface area (Å²) >= 11 is 3.27. The first-order valence-electron chi connectivity index (χ1n) is 8.81. The third kappa shape index (κ3) is 5.27. The van der Waals surface area contributed by atoms with E-state index in [9.17, 15) is 24.3 Å². The standard InChI is InChI=1S/C17H14N6O7S3/c18-2-1-3-31-8-6-32-15-11(14(27)23(15)12(8)16(28)29)21-13(26)10(22-30-4-9(24)25)7-5-33-17(19)20-7/h1,3,5,11,15H,4,6H2,(H2,19,20)(H,21,26)(H,24,25)(H,28,29)/b3-1-,22-10-/t11-,15-/m1/s1. The van der Waals surface area contributed by atoms with Gasteiger partial charge in [-0.15, -0.1) is 23.1 Å². The summed E-state index contributed by atoms with van der Waals surface area (Å²) in [7, 11) is 0. The zero-order valence-corrected chi connectivity index (χ0v) is 18.8. The number of amides is 2. The molecule has 0 aliphatic carbocycles. The smallest absolute Gasteiger partial charge is 0.353 e. The number of oxime groups is 1. The molecule has 0 bridgehead atoms. The highest BCUT2D eigenvalue weighted by atomic mass is 32.2. The molecule has 2 atom stereocenters. The van der Waals surface area contributed by atoms with Gasteiger partial charge in [-0.05, 0) is 5.41 Å². The maximum atomic E-state index is 12.8. The summed E-state index contributed by atoms with van der Waals surface area (Å²) in [6.07, 6.45) is 1.19. The Morgan fingerprint density at radius 3 is 2.85 bits per heavy atom. The van der Waals surface area contributed by atoms with Crippen molar-refractivity contribution in [2.45, 2.75) is 11.4 Å². The van der Waals surface area contributed by atoms with Crippen molar-refractivity contribution in [2.24, 2.45) is 5.16 Å². The molecule has 5 N–H and O–H groups in total. The first kappa shape index (κ1) is 24.1. The SMILES string of the molecule is N#C/C=C\SC1=C(C(=O)O)N2C(=O)[C@@H](NC(=O)/C(=N\OCC(=O)O)c3csc(N)n3)[C@H]2SC1. The summed E-state index contributed by atoms with van der Waals surface area (Å²) < 4.78 is 0. The van der Waals surface area contributed by atoms with E-state index in [4.69, 9.17) is 16.1 Å². The molecule has 3 rings (SSSR count). The van der Waals surface area contributed by atoms with Crippen LogP contribution in [0.4, 0.5) is 5.13 Å². The van der Waals surface area contributed by atoms with Crippen LogP contribution in [0.3, 0.4) is 0 Å². The van der Waals surface area contributed by atoms with Gasteiger partial charge in [0.2, 0.25) is 6.61 Å². The first-order valence-corrected chi connectivity index (χ1v) is 11.6. The number of rotatable bonds is 9. The predicted molar refractivity (Wildman–Crippen MR) is 119 cm³/mol. The van der Waals surface area contributed by atoms with Gasteiger partial charge in [-0.2, -0.15) is 5.26 Å². The van der Waals surface area contributed by atoms with Crippen molar-refractivity contribution >= 4 is 69.5 Å². The molecule has 3 heterocycles. The number of nitriles is 1. The normalized spacial score (nSPS) is 20.2. The Labute approximate surface area is 197 Å².